The molecule has 1 unspecified atom stereocenters. The quantitative estimate of drug-likeness (QED) is 0.338. The standard InChI is InChI=1S/C21H22N8OS/c1-13-10-19(27-26-13)23-18-12-20(31-2)25-21(24-18)29-9-5-7-16(29)17-11-15(28-30-17)14-6-3-4-8-22-14/h3-4,6,8,10-12,16H,5,7,9H2,1-2H3,(H2,23,24,25,26,27). The van der Waals surface area contributed by atoms with Crippen molar-refractivity contribution in [2.45, 2.75) is 30.8 Å². The van der Waals surface area contributed by atoms with Gasteiger partial charge in [0.05, 0.1) is 11.7 Å². The Labute approximate surface area is 183 Å². The van der Waals surface area contributed by atoms with E-state index < -0.39 is 0 Å². The Bertz CT molecular complexity index is 1180. The van der Waals surface area contributed by atoms with E-state index in [0.717, 1.165) is 53.1 Å². The van der Waals surface area contributed by atoms with Crippen molar-refractivity contribution >= 4 is 29.3 Å². The van der Waals surface area contributed by atoms with Crippen molar-refractivity contribution in [3.63, 3.8) is 0 Å². The summed E-state index contributed by atoms with van der Waals surface area (Å²) >= 11 is 1.58. The van der Waals surface area contributed by atoms with Crippen molar-refractivity contribution in [1.82, 2.24) is 30.3 Å². The number of pyridine rings is 1. The molecule has 0 aromatic carbocycles. The van der Waals surface area contributed by atoms with Gasteiger partial charge in [-0.15, -0.1) is 11.8 Å². The van der Waals surface area contributed by atoms with E-state index in [4.69, 9.17) is 14.5 Å². The summed E-state index contributed by atoms with van der Waals surface area (Å²) in [5.41, 5.74) is 2.51. The summed E-state index contributed by atoms with van der Waals surface area (Å²) in [7, 11) is 0. The predicted molar refractivity (Wildman–Crippen MR) is 119 cm³/mol. The molecule has 0 spiro atoms. The lowest BCUT2D eigenvalue weighted by molar-refractivity contribution is 0.362. The molecule has 0 saturated carbocycles. The van der Waals surface area contributed by atoms with Gasteiger partial charge in [-0.25, -0.2) is 4.98 Å². The molecule has 1 aliphatic heterocycles. The molecule has 0 aliphatic carbocycles. The van der Waals surface area contributed by atoms with E-state index in [1.165, 1.54) is 0 Å². The monoisotopic (exact) mass is 434 g/mol. The molecule has 4 aromatic heterocycles. The van der Waals surface area contributed by atoms with E-state index in [1.807, 2.05) is 49.6 Å². The zero-order valence-corrected chi connectivity index (χ0v) is 18.1. The zero-order chi connectivity index (χ0) is 21.2. The first-order valence-electron chi connectivity index (χ1n) is 10.1. The van der Waals surface area contributed by atoms with Crippen molar-refractivity contribution in [1.29, 1.82) is 0 Å². The van der Waals surface area contributed by atoms with Crippen LogP contribution in [0.25, 0.3) is 11.4 Å². The highest BCUT2D eigenvalue weighted by atomic mass is 32.2. The second-order valence-corrected chi connectivity index (χ2v) is 8.16. The molecule has 9 nitrogen and oxygen atoms in total. The molecule has 1 aliphatic rings. The number of hydrogen-bond donors (Lipinski definition) is 2. The second-order valence-electron chi connectivity index (χ2n) is 7.34. The van der Waals surface area contributed by atoms with E-state index in [-0.39, 0.29) is 6.04 Å². The Morgan fingerprint density at radius 1 is 1.16 bits per heavy atom. The first-order chi connectivity index (χ1) is 15.2. The molecular weight excluding hydrogens is 412 g/mol. The fraction of sp³-hybridized carbons (Fsp3) is 0.286. The minimum absolute atomic E-state index is 0.0301. The topological polar surface area (TPSA) is 109 Å². The molecule has 0 radical (unpaired) electrons. The summed E-state index contributed by atoms with van der Waals surface area (Å²) in [5.74, 6) is 2.90. The van der Waals surface area contributed by atoms with E-state index in [1.54, 1.807) is 18.0 Å². The maximum atomic E-state index is 5.72. The smallest absolute Gasteiger partial charge is 0.229 e. The van der Waals surface area contributed by atoms with Crippen LogP contribution in [-0.2, 0) is 0 Å². The van der Waals surface area contributed by atoms with E-state index in [2.05, 4.69) is 30.6 Å². The van der Waals surface area contributed by atoms with Crippen molar-refractivity contribution in [3.8, 4) is 11.4 Å². The molecule has 5 heterocycles. The molecule has 31 heavy (non-hydrogen) atoms. The largest absolute Gasteiger partial charge is 0.358 e. The highest BCUT2D eigenvalue weighted by molar-refractivity contribution is 7.98. The number of hydrogen-bond acceptors (Lipinski definition) is 9. The van der Waals surface area contributed by atoms with E-state index >= 15 is 0 Å². The highest BCUT2D eigenvalue weighted by Crippen LogP contribution is 2.37. The minimum Gasteiger partial charge on any atom is -0.358 e. The van der Waals surface area contributed by atoms with Crippen LogP contribution in [0.1, 0.15) is 30.3 Å². The van der Waals surface area contributed by atoms with Gasteiger partial charge in [0.25, 0.3) is 0 Å². The lowest BCUT2D eigenvalue weighted by Gasteiger charge is -2.23. The molecule has 5 rings (SSSR count). The Balaban J connectivity index is 1.43. The summed E-state index contributed by atoms with van der Waals surface area (Å²) < 4.78 is 5.72. The number of nitrogens with zero attached hydrogens (tertiary/aromatic N) is 6. The van der Waals surface area contributed by atoms with Gasteiger partial charge in [-0.3, -0.25) is 10.1 Å². The van der Waals surface area contributed by atoms with Crippen molar-refractivity contribution in [3.05, 3.63) is 54.0 Å². The Morgan fingerprint density at radius 2 is 2.10 bits per heavy atom. The van der Waals surface area contributed by atoms with Crippen LogP contribution in [0.4, 0.5) is 17.6 Å². The Kier molecular flexibility index (Phi) is 5.29. The number of H-pyrrole nitrogens is 1. The van der Waals surface area contributed by atoms with Crippen LogP contribution in [0.3, 0.4) is 0 Å². The molecule has 0 bridgehead atoms. The number of aromatic amines is 1. The highest BCUT2D eigenvalue weighted by Gasteiger charge is 2.32. The van der Waals surface area contributed by atoms with Gasteiger partial charge < -0.3 is 14.7 Å². The maximum Gasteiger partial charge on any atom is 0.229 e. The zero-order valence-electron chi connectivity index (χ0n) is 17.2. The number of aryl methyl sites for hydroxylation is 1. The van der Waals surface area contributed by atoms with Crippen LogP contribution in [-0.4, -0.2) is 43.1 Å². The predicted octanol–water partition coefficient (Wildman–Crippen LogP) is 4.37. The third kappa shape index (κ3) is 4.11. The van der Waals surface area contributed by atoms with Crippen molar-refractivity contribution < 1.29 is 4.52 Å². The van der Waals surface area contributed by atoms with Gasteiger partial charge in [0.1, 0.15) is 16.5 Å². The molecule has 4 aromatic rings. The molecule has 2 N–H and O–H groups in total. The third-order valence-corrected chi connectivity index (χ3v) is 5.78. The average Bonchev–Trinajstić information content (AvgIpc) is 3.55. The van der Waals surface area contributed by atoms with Gasteiger partial charge in [-0.2, -0.15) is 10.1 Å². The van der Waals surface area contributed by atoms with Crippen LogP contribution >= 0.6 is 11.8 Å². The van der Waals surface area contributed by atoms with Crippen LogP contribution in [0, 0.1) is 6.92 Å². The third-order valence-electron chi connectivity index (χ3n) is 5.16. The van der Waals surface area contributed by atoms with Crippen LogP contribution < -0.4 is 10.2 Å². The molecule has 158 valence electrons. The summed E-state index contributed by atoms with van der Waals surface area (Å²) in [6, 6.07) is 11.6. The molecule has 1 atom stereocenters. The second kappa shape index (κ2) is 8.38. The summed E-state index contributed by atoms with van der Waals surface area (Å²) in [5, 5.41) is 15.6. The van der Waals surface area contributed by atoms with Crippen LogP contribution in [0.5, 0.6) is 0 Å². The lowest BCUT2D eigenvalue weighted by Crippen LogP contribution is -2.24. The van der Waals surface area contributed by atoms with Gasteiger partial charge in [0.2, 0.25) is 5.95 Å². The van der Waals surface area contributed by atoms with Gasteiger partial charge in [0, 0.05) is 36.6 Å². The number of thioether (sulfide) groups is 1. The Morgan fingerprint density at radius 3 is 2.87 bits per heavy atom. The van der Waals surface area contributed by atoms with Gasteiger partial charge in [0.15, 0.2) is 11.6 Å². The summed E-state index contributed by atoms with van der Waals surface area (Å²) in [4.78, 5) is 16.1. The molecular formula is C21H22N8OS. The number of aromatic nitrogens is 6. The normalized spacial score (nSPS) is 16.1. The molecule has 0 amide bonds. The van der Waals surface area contributed by atoms with Gasteiger partial charge in [-0.1, -0.05) is 11.2 Å². The first kappa shape index (κ1) is 19.6. The van der Waals surface area contributed by atoms with Crippen molar-refractivity contribution in [2.24, 2.45) is 0 Å². The fourth-order valence-electron chi connectivity index (χ4n) is 3.71. The van der Waals surface area contributed by atoms with Crippen LogP contribution in [0.2, 0.25) is 0 Å². The number of rotatable bonds is 6. The minimum atomic E-state index is 0.0301. The van der Waals surface area contributed by atoms with E-state index in [9.17, 15) is 0 Å². The molecule has 10 heteroatoms. The van der Waals surface area contributed by atoms with E-state index in [0.29, 0.717) is 11.8 Å². The maximum absolute atomic E-state index is 5.72. The lowest BCUT2D eigenvalue weighted by atomic mass is 10.1. The number of anilines is 3. The summed E-state index contributed by atoms with van der Waals surface area (Å²) in [6.07, 6.45) is 5.73. The average molecular weight is 435 g/mol. The SMILES string of the molecule is CSc1cc(Nc2cc(C)[nH]n2)nc(N2CCCC2c2cc(-c3ccccn3)no2)n1. The fourth-order valence-corrected chi connectivity index (χ4v) is 4.11. The Hall–Kier alpha value is -3.40. The molecule has 1 saturated heterocycles. The van der Waals surface area contributed by atoms with Crippen LogP contribution in [0.15, 0.2) is 52.1 Å². The summed E-state index contributed by atoms with van der Waals surface area (Å²) in [6.45, 7) is 2.81. The van der Waals surface area contributed by atoms with Crippen molar-refractivity contribution in [2.75, 3.05) is 23.0 Å². The molecule has 1 fully saturated rings. The number of nitrogens with one attached hydrogen (secondary N) is 2. The first-order valence-corrected chi connectivity index (χ1v) is 11.3. The van der Waals surface area contributed by atoms with Gasteiger partial charge in [-0.05, 0) is 38.2 Å². The van der Waals surface area contributed by atoms with Gasteiger partial charge >= 0.3 is 0 Å².